The monoisotopic (exact) mass is 613 g/mol. The third kappa shape index (κ3) is 5.40. The van der Waals surface area contributed by atoms with Gasteiger partial charge in [-0.1, -0.05) is 70.9 Å². The Balaban J connectivity index is 1.34. The van der Waals surface area contributed by atoms with Gasteiger partial charge in [0.15, 0.2) is 4.80 Å². The molecule has 5 nitrogen and oxygen atoms in total. The number of morpholine rings is 1. The maximum Gasteiger partial charge on any atom is 0.271 e. The molecule has 1 fully saturated rings. The number of aromatic nitrogens is 1. The summed E-state index contributed by atoms with van der Waals surface area (Å²) >= 11 is 13.9. The molecular weight excluding hydrogens is 585 g/mol. The number of hydrogen-bond donors (Lipinski definition) is 0. The molecule has 3 aliphatic rings. The second kappa shape index (κ2) is 11.7. The molecule has 4 aromatic rings. The Bertz CT molecular complexity index is 1870. The third-order valence-corrected chi connectivity index (χ3v) is 9.58. The van der Waals surface area contributed by atoms with Crippen molar-refractivity contribution < 1.29 is 4.74 Å². The molecule has 3 heterocycles. The summed E-state index contributed by atoms with van der Waals surface area (Å²) in [6.07, 6.45) is 7.01. The first-order valence-corrected chi connectivity index (χ1v) is 15.8. The van der Waals surface area contributed by atoms with Gasteiger partial charge >= 0.3 is 0 Å². The number of thiazole rings is 1. The first kappa shape index (κ1) is 27.4. The number of anilines is 1. The molecule has 0 saturated carbocycles. The summed E-state index contributed by atoms with van der Waals surface area (Å²) < 4.78 is 8.05. The maximum absolute atomic E-state index is 14.0. The van der Waals surface area contributed by atoms with Gasteiger partial charge in [-0.15, -0.1) is 0 Å². The lowest BCUT2D eigenvalue weighted by Crippen LogP contribution is -2.39. The van der Waals surface area contributed by atoms with Crippen LogP contribution in [-0.2, 0) is 4.74 Å². The second-order valence-corrected chi connectivity index (χ2v) is 12.7. The van der Waals surface area contributed by atoms with Crippen molar-refractivity contribution in [1.82, 2.24) is 4.57 Å². The Morgan fingerprint density at radius 2 is 1.48 bits per heavy atom. The fourth-order valence-electron chi connectivity index (χ4n) is 6.02. The van der Waals surface area contributed by atoms with Crippen LogP contribution in [0.5, 0.6) is 0 Å². The van der Waals surface area contributed by atoms with Crippen molar-refractivity contribution in [2.75, 3.05) is 31.2 Å². The van der Waals surface area contributed by atoms with Crippen molar-refractivity contribution >= 4 is 52.4 Å². The zero-order valence-electron chi connectivity index (χ0n) is 22.9. The SMILES string of the molecule is O=c1c(=Cc2ccc(N3CCOCC3)cc2)sc2n1C(c1ccc(Cl)cc1)C1=C(N=2)C(=Cc2ccc(Cl)cc2)CCC1. The lowest BCUT2D eigenvalue weighted by atomic mass is 9.84. The van der Waals surface area contributed by atoms with Gasteiger partial charge in [-0.3, -0.25) is 9.36 Å². The highest BCUT2D eigenvalue weighted by atomic mass is 35.5. The van der Waals surface area contributed by atoms with Crippen molar-refractivity contribution in [3.05, 3.63) is 136 Å². The minimum atomic E-state index is -0.228. The average molecular weight is 615 g/mol. The highest BCUT2D eigenvalue weighted by Crippen LogP contribution is 2.41. The van der Waals surface area contributed by atoms with Crippen LogP contribution in [0.2, 0.25) is 10.0 Å². The molecule has 8 heteroatoms. The van der Waals surface area contributed by atoms with E-state index in [1.54, 1.807) is 0 Å². The predicted molar refractivity (Wildman–Crippen MR) is 172 cm³/mol. The van der Waals surface area contributed by atoms with Crippen LogP contribution < -0.4 is 19.8 Å². The smallest absolute Gasteiger partial charge is 0.271 e. The van der Waals surface area contributed by atoms with E-state index in [2.05, 4.69) is 35.2 Å². The van der Waals surface area contributed by atoms with E-state index in [1.807, 2.05) is 59.2 Å². The Labute approximate surface area is 258 Å². The molecule has 0 spiro atoms. The summed E-state index contributed by atoms with van der Waals surface area (Å²) in [5.74, 6) is 0. The number of benzene rings is 3. The number of halogens is 2. The van der Waals surface area contributed by atoms with Crippen molar-refractivity contribution in [2.24, 2.45) is 4.99 Å². The van der Waals surface area contributed by atoms with E-state index < -0.39 is 0 Å². The average Bonchev–Trinajstić information content (AvgIpc) is 3.33. The van der Waals surface area contributed by atoms with Crippen LogP contribution in [0.3, 0.4) is 0 Å². The second-order valence-electron chi connectivity index (χ2n) is 10.8. The minimum Gasteiger partial charge on any atom is -0.378 e. The summed E-state index contributed by atoms with van der Waals surface area (Å²) in [5.41, 5.74) is 7.64. The molecule has 1 atom stereocenters. The fraction of sp³-hybridized carbons (Fsp3) is 0.235. The maximum atomic E-state index is 14.0. The van der Waals surface area contributed by atoms with Gasteiger partial charge in [-0.25, -0.2) is 4.99 Å². The Morgan fingerprint density at radius 3 is 2.19 bits per heavy atom. The molecule has 0 radical (unpaired) electrons. The van der Waals surface area contributed by atoms with Crippen LogP contribution in [0.25, 0.3) is 12.2 Å². The van der Waals surface area contributed by atoms with E-state index >= 15 is 0 Å². The Kier molecular flexibility index (Phi) is 7.63. The number of ether oxygens (including phenoxy) is 1. The number of nitrogens with zero attached hydrogens (tertiary/aromatic N) is 3. The van der Waals surface area contributed by atoms with Gasteiger partial charge < -0.3 is 9.64 Å². The van der Waals surface area contributed by atoms with E-state index in [0.717, 1.165) is 72.8 Å². The van der Waals surface area contributed by atoms with Crippen LogP contribution in [0.15, 0.2) is 99.4 Å². The minimum absolute atomic E-state index is 0.0173. The summed E-state index contributed by atoms with van der Waals surface area (Å²) in [6, 6.07) is 23.9. The van der Waals surface area contributed by atoms with Gasteiger partial charge in [0, 0.05) is 28.8 Å². The Hall–Kier alpha value is -3.42. The lowest BCUT2D eigenvalue weighted by Gasteiger charge is -2.31. The largest absolute Gasteiger partial charge is 0.378 e. The predicted octanol–water partition coefficient (Wildman–Crippen LogP) is 6.63. The van der Waals surface area contributed by atoms with Crippen LogP contribution in [0.1, 0.15) is 42.0 Å². The van der Waals surface area contributed by atoms with Crippen LogP contribution >= 0.6 is 34.5 Å². The van der Waals surface area contributed by atoms with Crippen LogP contribution in [0.4, 0.5) is 5.69 Å². The van der Waals surface area contributed by atoms with Gasteiger partial charge in [-0.2, -0.15) is 0 Å². The molecule has 1 aliphatic carbocycles. The van der Waals surface area contributed by atoms with Crippen molar-refractivity contribution in [2.45, 2.75) is 25.3 Å². The van der Waals surface area contributed by atoms with Gasteiger partial charge in [-0.05, 0) is 95.6 Å². The molecule has 1 unspecified atom stereocenters. The van der Waals surface area contributed by atoms with Crippen molar-refractivity contribution in [3.63, 3.8) is 0 Å². The Morgan fingerprint density at radius 1 is 0.833 bits per heavy atom. The first-order valence-electron chi connectivity index (χ1n) is 14.2. The lowest BCUT2D eigenvalue weighted by molar-refractivity contribution is 0.122. The topological polar surface area (TPSA) is 46.8 Å². The van der Waals surface area contributed by atoms with Gasteiger partial charge in [0.05, 0.1) is 29.5 Å². The molecule has 42 heavy (non-hydrogen) atoms. The normalized spacial score (nSPS) is 20.0. The quantitative estimate of drug-likeness (QED) is 0.260. The molecule has 3 aromatic carbocycles. The molecular formula is C34H29Cl2N3O2S. The van der Waals surface area contributed by atoms with Crippen molar-refractivity contribution in [1.29, 1.82) is 0 Å². The van der Waals surface area contributed by atoms with Crippen molar-refractivity contribution in [3.8, 4) is 0 Å². The first-order chi connectivity index (χ1) is 20.5. The molecule has 1 aromatic heterocycles. The summed E-state index contributed by atoms with van der Waals surface area (Å²) in [6.45, 7) is 3.28. The molecule has 0 amide bonds. The standard InChI is InChI=1S/C34H29Cl2N3O2S/c35-26-10-4-22(5-11-26)20-25-2-1-3-29-31(25)37-34-39(32(29)24-8-12-27(36)13-9-24)33(40)30(42-34)21-23-6-14-28(15-7-23)38-16-18-41-19-17-38/h4-15,20-21,32H,1-3,16-19H2. The van der Waals surface area contributed by atoms with Gasteiger partial charge in [0.25, 0.3) is 5.56 Å². The molecule has 2 aliphatic heterocycles. The number of hydrogen-bond acceptors (Lipinski definition) is 5. The summed E-state index contributed by atoms with van der Waals surface area (Å²) in [7, 11) is 0. The molecule has 7 rings (SSSR count). The number of allylic oxidation sites excluding steroid dienone is 2. The highest BCUT2D eigenvalue weighted by molar-refractivity contribution is 7.07. The van der Waals surface area contributed by atoms with E-state index in [9.17, 15) is 4.79 Å². The van der Waals surface area contributed by atoms with E-state index in [-0.39, 0.29) is 11.6 Å². The molecule has 0 bridgehead atoms. The fourth-order valence-corrected chi connectivity index (χ4v) is 7.27. The molecule has 1 saturated heterocycles. The number of fused-ring (bicyclic) bond motifs is 1. The number of rotatable bonds is 4. The van der Waals surface area contributed by atoms with Gasteiger partial charge in [0.2, 0.25) is 0 Å². The highest BCUT2D eigenvalue weighted by Gasteiger charge is 2.32. The molecule has 0 N–H and O–H groups in total. The summed E-state index contributed by atoms with van der Waals surface area (Å²) in [4.78, 5) is 22.2. The zero-order valence-corrected chi connectivity index (χ0v) is 25.3. The van der Waals surface area contributed by atoms with Gasteiger partial charge in [0.1, 0.15) is 0 Å². The summed E-state index contributed by atoms with van der Waals surface area (Å²) in [5, 5.41) is 1.39. The van der Waals surface area contributed by atoms with Crippen LogP contribution in [-0.4, -0.2) is 30.9 Å². The van der Waals surface area contributed by atoms with E-state index in [4.69, 9.17) is 32.9 Å². The zero-order chi connectivity index (χ0) is 28.6. The van der Waals surface area contributed by atoms with E-state index in [0.29, 0.717) is 14.6 Å². The van der Waals surface area contributed by atoms with Crippen LogP contribution in [0, 0.1) is 0 Å². The third-order valence-electron chi connectivity index (χ3n) is 8.10. The molecule has 212 valence electrons. The van der Waals surface area contributed by atoms with E-state index in [1.165, 1.54) is 28.2 Å².